The van der Waals surface area contributed by atoms with Crippen LogP contribution in [-0.4, -0.2) is 35.7 Å². The van der Waals surface area contributed by atoms with Crippen molar-refractivity contribution < 1.29 is 4.52 Å². The van der Waals surface area contributed by atoms with E-state index in [0.717, 1.165) is 30.1 Å². The first-order valence-electron chi connectivity index (χ1n) is 10.9. The normalized spacial score (nSPS) is 17.0. The van der Waals surface area contributed by atoms with E-state index in [0.29, 0.717) is 5.92 Å². The molecule has 3 aromatic rings. The molecule has 152 valence electrons. The standard InChI is InChI=1S/C25H31N3O/c1-2-23(26-25-18-24(27-29-25)21-14-8-4-9-15-21)22(20-12-6-3-7-13-20)19-28-16-10-5-11-17-28/h3-4,6-9,12-15,18,22-23,26H,2,5,10-11,16-17,19H2,1H3. The molecule has 0 amide bonds. The van der Waals surface area contributed by atoms with Crippen LogP contribution in [0, 0.1) is 0 Å². The van der Waals surface area contributed by atoms with Gasteiger partial charge in [0.05, 0.1) is 0 Å². The Kier molecular flexibility index (Phi) is 6.63. The van der Waals surface area contributed by atoms with Crippen LogP contribution in [0.3, 0.4) is 0 Å². The quantitative estimate of drug-likeness (QED) is 0.528. The lowest BCUT2D eigenvalue weighted by Gasteiger charge is -2.34. The van der Waals surface area contributed by atoms with Crippen molar-refractivity contribution in [3.8, 4) is 11.3 Å². The zero-order valence-electron chi connectivity index (χ0n) is 17.3. The van der Waals surface area contributed by atoms with Crippen LogP contribution < -0.4 is 5.32 Å². The Labute approximate surface area is 173 Å². The minimum absolute atomic E-state index is 0.288. The summed E-state index contributed by atoms with van der Waals surface area (Å²) in [6.07, 6.45) is 5.01. The molecule has 1 aromatic heterocycles. The van der Waals surface area contributed by atoms with Gasteiger partial charge in [-0.2, -0.15) is 0 Å². The van der Waals surface area contributed by atoms with Gasteiger partial charge >= 0.3 is 0 Å². The van der Waals surface area contributed by atoms with E-state index in [4.69, 9.17) is 4.52 Å². The van der Waals surface area contributed by atoms with E-state index in [1.54, 1.807) is 0 Å². The van der Waals surface area contributed by atoms with Gasteiger partial charge in [-0.25, -0.2) is 0 Å². The van der Waals surface area contributed by atoms with E-state index < -0.39 is 0 Å². The molecule has 2 unspecified atom stereocenters. The molecule has 1 fully saturated rings. The molecule has 29 heavy (non-hydrogen) atoms. The van der Waals surface area contributed by atoms with Crippen molar-refractivity contribution in [3.05, 3.63) is 72.3 Å². The number of benzene rings is 2. The molecule has 0 saturated carbocycles. The number of hydrogen-bond acceptors (Lipinski definition) is 4. The molecule has 4 rings (SSSR count). The highest BCUT2D eigenvalue weighted by Gasteiger charge is 2.26. The van der Waals surface area contributed by atoms with Crippen LogP contribution in [0.4, 0.5) is 5.88 Å². The highest BCUT2D eigenvalue weighted by atomic mass is 16.5. The van der Waals surface area contributed by atoms with Crippen LogP contribution >= 0.6 is 0 Å². The van der Waals surface area contributed by atoms with Crippen LogP contribution in [0.2, 0.25) is 0 Å². The van der Waals surface area contributed by atoms with Crippen molar-refractivity contribution in [3.63, 3.8) is 0 Å². The van der Waals surface area contributed by atoms with Crippen molar-refractivity contribution in [2.75, 3.05) is 25.0 Å². The lowest BCUT2D eigenvalue weighted by atomic mass is 9.88. The largest absolute Gasteiger partial charge is 0.351 e. The molecule has 2 heterocycles. The Morgan fingerprint density at radius 1 is 0.966 bits per heavy atom. The highest BCUT2D eigenvalue weighted by Crippen LogP contribution is 2.29. The summed E-state index contributed by atoms with van der Waals surface area (Å²) in [6, 6.07) is 23.4. The van der Waals surface area contributed by atoms with Crippen LogP contribution in [0.15, 0.2) is 71.3 Å². The first-order valence-corrected chi connectivity index (χ1v) is 10.9. The number of piperidine rings is 1. The van der Waals surface area contributed by atoms with E-state index in [-0.39, 0.29) is 6.04 Å². The number of aromatic nitrogens is 1. The van der Waals surface area contributed by atoms with Gasteiger partial charge in [0.2, 0.25) is 5.88 Å². The molecule has 4 nitrogen and oxygen atoms in total. The Balaban J connectivity index is 1.53. The minimum Gasteiger partial charge on any atom is -0.351 e. The predicted molar refractivity (Wildman–Crippen MR) is 119 cm³/mol. The first kappa shape index (κ1) is 19.7. The van der Waals surface area contributed by atoms with Crippen molar-refractivity contribution in [1.82, 2.24) is 10.1 Å². The maximum Gasteiger partial charge on any atom is 0.225 e. The molecule has 2 atom stereocenters. The first-order chi connectivity index (χ1) is 14.3. The number of rotatable bonds is 8. The zero-order valence-corrected chi connectivity index (χ0v) is 17.3. The maximum absolute atomic E-state index is 5.65. The fourth-order valence-electron chi connectivity index (χ4n) is 4.34. The summed E-state index contributed by atoms with van der Waals surface area (Å²) < 4.78 is 5.65. The summed E-state index contributed by atoms with van der Waals surface area (Å²) in [6.45, 7) is 5.74. The monoisotopic (exact) mass is 389 g/mol. The van der Waals surface area contributed by atoms with E-state index in [2.05, 4.69) is 64.8 Å². The SMILES string of the molecule is CCC(Nc1cc(-c2ccccc2)no1)C(CN1CCCCC1)c1ccccc1. The second kappa shape index (κ2) is 9.75. The van der Waals surface area contributed by atoms with Gasteiger partial charge < -0.3 is 14.7 Å². The molecule has 1 N–H and O–H groups in total. The summed E-state index contributed by atoms with van der Waals surface area (Å²) >= 11 is 0. The fraction of sp³-hybridized carbons (Fsp3) is 0.400. The third-order valence-electron chi connectivity index (χ3n) is 5.96. The Bertz CT molecular complexity index is 856. The van der Waals surface area contributed by atoms with Crippen molar-refractivity contribution in [1.29, 1.82) is 0 Å². The molecule has 0 radical (unpaired) electrons. The van der Waals surface area contributed by atoms with Gasteiger partial charge in [0.1, 0.15) is 5.69 Å². The lowest BCUT2D eigenvalue weighted by molar-refractivity contribution is 0.208. The van der Waals surface area contributed by atoms with E-state index in [9.17, 15) is 0 Å². The maximum atomic E-state index is 5.65. The van der Waals surface area contributed by atoms with E-state index in [1.807, 2.05) is 24.3 Å². The number of nitrogens with zero attached hydrogens (tertiary/aromatic N) is 2. The third-order valence-corrected chi connectivity index (χ3v) is 5.96. The second-order valence-corrected chi connectivity index (χ2v) is 7.98. The van der Waals surface area contributed by atoms with Gasteiger partial charge in [-0.15, -0.1) is 0 Å². The predicted octanol–water partition coefficient (Wildman–Crippen LogP) is 5.80. The number of likely N-dealkylation sites (tertiary alicyclic amines) is 1. The lowest BCUT2D eigenvalue weighted by Crippen LogP contribution is -2.39. The molecule has 4 heteroatoms. The molecule has 0 aliphatic carbocycles. The summed E-state index contributed by atoms with van der Waals surface area (Å²) in [5, 5.41) is 7.92. The summed E-state index contributed by atoms with van der Waals surface area (Å²) in [5.74, 6) is 1.15. The average Bonchev–Trinajstić information content (AvgIpc) is 3.27. The topological polar surface area (TPSA) is 41.3 Å². The molecular weight excluding hydrogens is 358 g/mol. The average molecular weight is 390 g/mol. The molecule has 1 aliphatic heterocycles. The second-order valence-electron chi connectivity index (χ2n) is 7.98. The van der Waals surface area contributed by atoms with Gasteiger partial charge in [0.25, 0.3) is 0 Å². The van der Waals surface area contributed by atoms with Gasteiger partial charge in [-0.3, -0.25) is 0 Å². The number of nitrogens with one attached hydrogen (secondary N) is 1. The summed E-state index contributed by atoms with van der Waals surface area (Å²) in [5.41, 5.74) is 3.33. The molecule has 1 aliphatic rings. The third kappa shape index (κ3) is 5.07. The summed E-state index contributed by atoms with van der Waals surface area (Å²) in [7, 11) is 0. The Morgan fingerprint density at radius 3 is 2.34 bits per heavy atom. The number of hydrogen-bond donors (Lipinski definition) is 1. The fourth-order valence-corrected chi connectivity index (χ4v) is 4.34. The van der Waals surface area contributed by atoms with Gasteiger partial charge in [-0.1, -0.05) is 79.2 Å². The molecule has 0 bridgehead atoms. The zero-order chi connectivity index (χ0) is 19.9. The minimum atomic E-state index is 0.288. The van der Waals surface area contributed by atoms with Crippen molar-refractivity contribution in [2.24, 2.45) is 0 Å². The molecule has 2 aromatic carbocycles. The van der Waals surface area contributed by atoms with Crippen LogP contribution in [0.1, 0.15) is 44.1 Å². The molecule has 1 saturated heterocycles. The van der Waals surface area contributed by atoms with Crippen LogP contribution in [-0.2, 0) is 0 Å². The van der Waals surface area contributed by atoms with Crippen LogP contribution in [0.5, 0.6) is 0 Å². The smallest absolute Gasteiger partial charge is 0.225 e. The number of anilines is 1. The molecule has 0 spiro atoms. The van der Waals surface area contributed by atoms with E-state index in [1.165, 1.54) is 37.9 Å². The van der Waals surface area contributed by atoms with Gasteiger partial charge in [-0.05, 0) is 37.9 Å². The molecular formula is C25H31N3O. The van der Waals surface area contributed by atoms with Crippen molar-refractivity contribution >= 4 is 5.88 Å². The Hall–Kier alpha value is -2.59. The van der Waals surface area contributed by atoms with Gasteiger partial charge in [0.15, 0.2) is 0 Å². The Morgan fingerprint density at radius 2 is 1.66 bits per heavy atom. The van der Waals surface area contributed by atoms with Crippen LogP contribution in [0.25, 0.3) is 11.3 Å². The highest BCUT2D eigenvalue weighted by molar-refractivity contribution is 5.61. The summed E-state index contributed by atoms with van der Waals surface area (Å²) in [4.78, 5) is 2.63. The van der Waals surface area contributed by atoms with Gasteiger partial charge in [0, 0.05) is 30.1 Å². The van der Waals surface area contributed by atoms with Crippen molar-refractivity contribution in [2.45, 2.75) is 44.6 Å². The van der Waals surface area contributed by atoms with E-state index >= 15 is 0 Å².